The highest BCUT2D eigenvalue weighted by atomic mass is 19.4. The quantitative estimate of drug-likeness (QED) is 0.461. The first-order chi connectivity index (χ1) is 14.8. The Morgan fingerprint density at radius 2 is 1.97 bits per heavy atom. The van der Waals surface area contributed by atoms with E-state index in [9.17, 15) is 18.0 Å². The second kappa shape index (κ2) is 9.38. The molecule has 1 amide bonds. The Kier molecular flexibility index (Phi) is 6.65. The molecule has 0 aromatic carbocycles. The van der Waals surface area contributed by atoms with Crippen molar-refractivity contribution in [1.29, 1.82) is 0 Å². The number of ether oxygens (including phenoxy) is 1. The van der Waals surface area contributed by atoms with E-state index >= 15 is 0 Å². The number of alkyl halides is 3. The fourth-order valence-corrected chi connectivity index (χ4v) is 2.53. The van der Waals surface area contributed by atoms with Gasteiger partial charge in [0.1, 0.15) is 11.6 Å². The van der Waals surface area contributed by atoms with Crippen LogP contribution in [0.2, 0.25) is 0 Å². The SMILES string of the molecule is COC(CC(=O)NNc1cc(-c2ccnc(Nc3ccnn3C)n2)ccn1)C(F)(F)F. The molecule has 0 bridgehead atoms. The van der Waals surface area contributed by atoms with Crippen molar-refractivity contribution in [2.75, 3.05) is 17.9 Å². The molecule has 31 heavy (non-hydrogen) atoms. The molecule has 3 N–H and O–H groups in total. The zero-order chi connectivity index (χ0) is 22.4. The van der Waals surface area contributed by atoms with Crippen molar-refractivity contribution in [3.05, 3.63) is 42.9 Å². The lowest BCUT2D eigenvalue weighted by Gasteiger charge is -2.18. The number of hydrogen-bond acceptors (Lipinski definition) is 8. The van der Waals surface area contributed by atoms with Crippen molar-refractivity contribution in [2.45, 2.75) is 18.7 Å². The second-order valence-corrected chi connectivity index (χ2v) is 6.30. The Balaban J connectivity index is 1.66. The van der Waals surface area contributed by atoms with E-state index < -0.39 is 24.6 Å². The third-order valence-corrected chi connectivity index (χ3v) is 4.12. The maximum Gasteiger partial charge on any atom is 0.415 e. The number of amides is 1. The smallest absolute Gasteiger partial charge is 0.371 e. The van der Waals surface area contributed by atoms with Crippen molar-refractivity contribution >= 4 is 23.5 Å². The van der Waals surface area contributed by atoms with E-state index in [1.54, 1.807) is 48.4 Å². The minimum Gasteiger partial charge on any atom is -0.371 e. The normalized spacial score (nSPS) is 12.3. The van der Waals surface area contributed by atoms with Crippen LogP contribution in [0.5, 0.6) is 0 Å². The number of aryl methyl sites for hydroxylation is 1. The summed E-state index contributed by atoms with van der Waals surface area (Å²) >= 11 is 0. The average Bonchev–Trinajstić information content (AvgIpc) is 3.14. The molecular weight excluding hydrogens is 417 g/mol. The van der Waals surface area contributed by atoms with Crippen molar-refractivity contribution < 1.29 is 22.7 Å². The number of nitrogens with one attached hydrogen (secondary N) is 3. The first-order valence-electron chi connectivity index (χ1n) is 8.95. The molecule has 3 aromatic heterocycles. The van der Waals surface area contributed by atoms with Crippen LogP contribution in [0.1, 0.15) is 6.42 Å². The number of rotatable bonds is 8. The average molecular weight is 436 g/mol. The minimum atomic E-state index is -4.64. The molecule has 0 aliphatic heterocycles. The van der Waals surface area contributed by atoms with Crippen molar-refractivity contribution in [3.8, 4) is 11.3 Å². The number of hydrogen-bond donors (Lipinski definition) is 3. The number of pyridine rings is 1. The van der Waals surface area contributed by atoms with Crippen LogP contribution < -0.4 is 16.2 Å². The van der Waals surface area contributed by atoms with Crippen LogP contribution in [-0.2, 0) is 16.6 Å². The van der Waals surface area contributed by atoms with Crippen LogP contribution in [0.15, 0.2) is 42.9 Å². The van der Waals surface area contributed by atoms with Gasteiger partial charge in [0.15, 0.2) is 6.10 Å². The van der Waals surface area contributed by atoms with Crippen molar-refractivity contribution in [1.82, 2.24) is 30.2 Å². The van der Waals surface area contributed by atoms with Gasteiger partial charge in [0, 0.05) is 38.2 Å². The Morgan fingerprint density at radius 1 is 1.19 bits per heavy atom. The molecule has 0 spiro atoms. The van der Waals surface area contributed by atoms with Crippen LogP contribution in [0, 0.1) is 0 Å². The van der Waals surface area contributed by atoms with Gasteiger partial charge in [-0.25, -0.2) is 15.0 Å². The van der Waals surface area contributed by atoms with E-state index in [1.807, 2.05) is 0 Å². The van der Waals surface area contributed by atoms with Crippen LogP contribution in [0.4, 0.5) is 30.8 Å². The Morgan fingerprint density at radius 3 is 2.65 bits per heavy atom. The van der Waals surface area contributed by atoms with E-state index in [1.165, 1.54) is 6.20 Å². The third-order valence-electron chi connectivity index (χ3n) is 4.12. The number of hydrazine groups is 1. The topological polar surface area (TPSA) is 119 Å². The van der Waals surface area contributed by atoms with Gasteiger partial charge >= 0.3 is 6.18 Å². The summed E-state index contributed by atoms with van der Waals surface area (Å²) in [4.78, 5) is 24.4. The molecule has 3 heterocycles. The highest BCUT2D eigenvalue weighted by Gasteiger charge is 2.41. The lowest BCUT2D eigenvalue weighted by Crippen LogP contribution is -2.38. The molecule has 0 fully saturated rings. The summed E-state index contributed by atoms with van der Waals surface area (Å²) in [5.74, 6) is 0.358. The first-order valence-corrected chi connectivity index (χ1v) is 8.95. The molecule has 164 valence electrons. The molecule has 0 aliphatic carbocycles. The molecule has 10 nitrogen and oxygen atoms in total. The summed E-state index contributed by atoms with van der Waals surface area (Å²) in [6.07, 6.45) is -3.06. The highest BCUT2D eigenvalue weighted by Crippen LogP contribution is 2.25. The van der Waals surface area contributed by atoms with E-state index in [2.05, 4.69) is 41.0 Å². The molecule has 3 aromatic rings. The number of halogens is 3. The number of anilines is 3. The van der Waals surface area contributed by atoms with Gasteiger partial charge in [-0.3, -0.25) is 20.3 Å². The predicted octanol–water partition coefficient (Wildman–Crippen LogP) is 2.43. The van der Waals surface area contributed by atoms with Crippen LogP contribution in [0.3, 0.4) is 0 Å². The number of carbonyl (C=O) groups excluding carboxylic acids is 1. The number of methoxy groups -OCH3 is 1. The Hall–Kier alpha value is -3.74. The number of aromatic nitrogens is 5. The molecule has 0 saturated heterocycles. The van der Waals surface area contributed by atoms with Gasteiger partial charge in [0.2, 0.25) is 11.9 Å². The molecular formula is C18H19F3N8O2. The lowest BCUT2D eigenvalue weighted by molar-refractivity contribution is -0.214. The zero-order valence-corrected chi connectivity index (χ0v) is 16.5. The van der Waals surface area contributed by atoms with Gasteiger partial charge in [0.05, 0.1) is 18.3 Å². The van der Waals surface area contributed by atoms with Gasteiger partial charge in [-0.1, -0.05) is 0 Å². The van der Waals surface area contributed by atoms with Gasteiger partial charge in [-0.05, 0) is 18.2 Å². The summed E-state index contributed by atoms with van der Waals surface area (Å²) in [6.45, 7) is 0. The highest BCUT2D eigenvalue weighted by molar-refractivity contribution is 5.78. The van der Waals surface area contributed by atoms with Crippen molar-refractivity contribution in [3.63, 3.8) is 0 Å². The van der Waals surface area contributed by atoms with Gasteiger partial charge in [-0.2, -0.15) is 18.3 Å². The van der Waals surface area contributed by atoms with E-state index in [4.69, 9.17) is 0 Å². The summed E-state index contributed by atoms with van der Waals surface area (Å²) in [6, 6.07) is 6.71. The van der Waals surface area contributed by atoms with Crippen molar-refractivity contribution in [2.24, 2.45) is 7.05 Å². The third kappa shape index (κ3) is 5.88. The molecule has 0 radical (unpaired) electrons. The summed E-state index contributed by atoms with van der Waals surface area (Å²) < 4.78 is 44.0. The molecule has 0 aliphatic rings. The Bertz CT molecular complexity index is 1040. The number of carbonyl (C=O) groups is 1. The largest absolute Gasteiger partial charge is 0.415 e. The molecule has 0 saturated carbocycles. The monoisotopic (exact) mass is 436 g/mol. The van der Waals surface area contributed by atoms with Gasteiger partial charge < -0.3 is 10.1 Å². The van der Waals surface area contributed by atoms with E-state index in [-0.39, 0.29) is 5.82 Å². The molecule has 3 rings (SSSR count). The van der Waals surface area contributed by atoms with Gasteiger partial charge in [0.25, 0.3) is 0 Å². The Labute approximate surface area is 174 Å². The summed E-state index contributed by atoms with van der Waals surface area (Å²) in [5.41, 5.74) is 5.87. The molecule has 1 atom stereocenters. The van der Waals surface area contributed by atoms with Crippen LogP contribution in [-0.4, -0.2) is 50.0 Å². The molecule has 13 heteroatoms. The maximum atomic E-state index is 12.7. The number of nitrogens with zero attached hydrogens (tertiary/aromatic N) is 5. The summed E-state index contributed by atoms with van der Waals surface area (Å²) in [5, 5.41) is 7.09. The lowest BCUT2D eigenvalue weighted by atomic mass is 10.2. The van der Waals surface area contributed by atoms with Gasteiger partial charge in [-0.15, -0.1) is 0 Å². The standard InChI is InChI=1S/C18H19F3N8O2/c1-29-15(5-8-24-29)26-17-23-7-4-12(25-17)11-3-6-22-14(9-11)27-28-16(30)10-13(31-2)18(19,20)21/h3-9,13H,10H2,1-2H3,(H,22,27)(H,28,30)(H,23,25,26). The van der Waals surface area contributed by atoms with Crippen LogP contribution >= 0.6 is 0 Å². The fourth-order valence-electron chi connectivity index (χ4n) is 2.53. The summed E-state index contributed by atoms with van der Waals surface area (Å²) in [7, 11) is 2.66. The predicted molar refractivity (Wildman–Crippen MR) is 105 cm³/mol. The first kappa shape index (κ1) is 22.0. The minimum absolute atomic E-state index is 0.214. The van der Waals surface area contributed by atoms with Crippen LogP contribution in [0.25, 0.3) is 11.3 Å². The van der Waals surface area contributed by atoms with E-state index in [0.29, 0.717) is 23.0 Å². The zero-order valence-electron chi connectivity index (χ0n) is 16.5. The molecule has 1 unspecified atom stereocenters. The second-order valence-electron chi connectivity index (χ2n) is 6.30. The fraction of sp³-hybridized carbons (Fsp3) is 0.278. The van der Waals surface area contributed by atoms with E-state index in [0.717, 1.165) is 7.11 Å². The maximum absolute atomic E-state index is 12.7.